The minimum Gasteiger partial charge on any atom is -0.500 e. The third-order valence-electron chi connectivity index (χ3n) is 4.85. The highest BCUT2D eigenvalue weighted by Gasteiger charge is 2.18. The van der Waals surface area contributed by atoms with E-state index < -0.39 is 29.5 Å². The van der Waals surface area contributed by atoms with E-state index in [-0.39, 0.29) is 18.8 Å². The number of ether oxygens (including phenoxy) is 3. The summed E-state index contributed by atoms with van der Waals surface area (Å²) in [5.41, 5.74) is -0.771. The number of aliphatic carboxylic acids is 2. The van der Waals surface area contributed by atoms with E-state index in [0.717, 1.165) is 51.4 Å². The number of esters is 2. The summed E-state index contributed by atoms with van der Waals surface area (Å²) in [6.07, 6.45) is 13.8. The van der Waals surface area contributed by atoms with Crippen LogP contribution in [0.5, 0.6) is 0 Å². The van der Waals surface area contributed by atoms with Crippen LogP contribution in [0.15, 0.2) is 24.0 Å². The predicted molar refractivity (Wildman–Crippen MR) is 110 cm³/mol. The van der Waals surface area contributed by atoms with Crippen molar-refractivity contribution in [1.29, 1.82) is 0 Å². The largest absolute Gasteiger partial charge is 0.500 e. The molecule has 0 saturated heterocycles. The van der Waals surface area contributed by atoms with Crippen molar-refractivity contribution in [3.8, 4) is 0 Å². The van der Waals surface area contributed by atoms with Crippen molar-refractivity contribution in [3.05, 3.63) is 24.0 Å². The molecule has 9 nitrogen and oxygen atoms in total. The molecule has 9 heteroatoms. The van der Waals surface area contributed by atoms with E-state index in [1.807, 2.05) is 0 Å². The van der Waals surface area contributed by atoms with Crippen molar-refractivity contribution in [2.45, 2.75) is 83.3 Å². The first kappa shape index (κ1) is 26.2. The van der Waals surface area contributed by atoms with Crippen LogP contribution in [0, 0.1) is 0 Å². The summed E-state index contributed by atoms with van der Waals surface area (Å²) in [6, 6.07) is 0. The molecule has 2 saturated carbocycles. The van der Waals surface area contributed by atoms with Gasteiger partial charge in [0.1, 0.15) is 18.5 Å². The lowest BCUT2D eigenvalue weighted by Gasteiger charge is -2.21. The molecule has 0 aliphatic heterocycles. The highest BCUT2D eigenvalue weighted by molar-refractivity contribution is 6.12. The summed E-state index contributed by atoms with van der Waals surface area (Å²) >= 11 is 0. The van der Waals surface area contributed by atoms with Crippen LogP contribution >= 0.6 is 0 Å². The van der Waals surface area contributed by atoms with Gasteiger partial charge in [0.05, 0.1) is 6.61 Å². The molecule has 174 valence electrons. The zero-order valence-electron chi connectivity index (χ0n) is 17.9. The first-order valence-electron chi connectivity index (χ1n) is 10.7. The van der Waals surface area contributed by atoms with Crippen LogP contribution in [0.2, 0.25) is 0 Å². The fourth-order valence-electron chi connectivity index (χ4n) is 3.27. The molecule has 0 bridgehead atoms. The van der Waals surface area contributed by atoms with Crippen molar-refractivity contribution >= 4 is 23.9 Å². The Morgan fingerprint density at radius 2 is 1.13 bits per heavy atom. The molecule has 0 aromatic rings. The van der Waals surface area contributed by atoms with Gasteiger partial charge in [-0.05, 0) is 58.3 Å². The van der Waals surface area contributed by atoms with Gasteiger partial charge in [-0.25, -0.2) is 19.2 Å². The second kappa shape index (κ2) is 15.0. The van der Waals surface area contributed by atoms with Crippen LogP contribution in [-0.2, 0) is 33.4 Å². The van der Waals surface area contributed by atoms with Crippen LogP contribution in [0.3, 0.4) is 0 Å². The number of hydrogen-bond acceptors (Lipinski definition) is 7. The zero-order chi connectivity index (χ0) is 23.1. The maximum atomic E-state index is 11.6. The molecule has 0 amide bonds. The summed E-state index contributed by atoms with van der Waals surface area (Å²) < 4.78 is 15.1. The van der Waals surface area contributed by atoms with Crippen LogP contribution in [0.4, 0.5) is 0 Å². The Hall–Kier alpha value is -2.84. The van der Waals surface area contributed by atoms with E-state index in [4.69, 9.17) is 19.7 Å². The molecule has 0 heterocycles. The second-order valence-corrected chi connectivity index (χ2v) is 7.32. The van der Waals surface area contributed by atoms with E-state index in [0.29, 0.717) is 6.26 Å². The van der Waals surface area contributed by atoms with E-state index >= 15 is 0 Å². The first-order valence-corrected chi connectivity index (χ1v) is 10.7. The lowest BCUT2D eigenvalue weighted by molar-refractivity contribution is -0.147. The van der Waals surface area contributed by atoms with E-state index in [2.05, 4.69) is 4.74 Å². The Kier molecular flexibility index (Phi) is 12.7. The third-order valence-corrected chi connectivity index (χ3v) is 4.85. The summed E-state index contributed by atoms with van der Waals surface area (Å²) in [5.74, 6) is -3.88. The highest BCUT2D eigenvalue weighted by atomic mass is 16.5. The summed E-state index contributed by atoms with van der Waals surface area (Å²) in [7, 11) is 0. The maximum absolute atomic E-state index is 11.6. The fourth-order valence-corrected chi connectivity index (χ4v) is 3.27. The molecule has 0 atom stereocenters. The Morgan fingerprint density at radius 3 is 1.45 bits per heavy atom. The van der Waals surface area contributed by atoms with Crippen molar-refractivity contribution in [2.24, 2.45) is 0 Å². The van der Waals surface area contributed by atoms with Crippen molar-refractivity contribution < 1.29 is 43.6 Å². The molecule has 2 aliphatic carbocycles. The lowest BCUT2D eigenvalue weighted by atomic mass is 9.98. The topological polar surface area (TPSA) is 136 Å². The molecule has 0 aromatic heterocycles. The SMILES string of the molecule is CCOC=C(C(=O)O)C(=O)O.O=C(/C=C\C(=O)OC1CCCCC1)OC1CCCCC1. The number of rotatable bonds is 8. The van der Waals surface area contributed by atoms with E-state index in [1.165, 1.54) is 25.0 Å². The normalized spacial score (nSPS) is 17.1. The summed E-state index contributed by atoms with van der Waals surface area (Å²) in [5, 5.41) is 16.5. The van der Waals surface area contributed by atoms with Crippen molar-refractivity contribution in [1.82, 2.24) is 0 Å². The number of carbonyl (C=O) groups excluding carboxylic acids is 2. The smallest absolute Gasteiger partial charge is 0.346 e. The zero-order valence-corrected chi connectivity index (χ0v) is 17.9. The van der Waals surface area contributed by atoms with Gasteiger partial charge in [-0.3, -0.25) is 0 Å². The van der Waals surface area contributed by atoms with Gasteiger partial charge in [0.15, 0.2) is 5.57 Å². The van der Waals surface area contributed by atoms with Crippen LogP contribution in [0.25, 0.3) is 0 Å². The van der Waals surface area contributed by atoms with Crippen LogP contribution in [0.1, 0.15) is 71.1 Å². The van der Waals surface area contributed by atoms with E-state index in [1.54, 1.807) is 6.92 Å². The summed E-state index contributed by atoms with van der Waals surface area (Å²) in [4.78, 5) is 43.4. The lowest BCUT2D eigenvalue weighted by Crippen LogP contribution is -2.21. The molecular weight excluding hydrogens is 408 g/mol. The minimum atomic E-state index is -1.51. The van der Waals surface area contributed by atoms with Crippen LogP contribution < -0.4 is 0 Å². The van der Waals surface area contributed by atoms with Crippen molar-refractivity contribution in [3.63, 3.8) is 0 Å². The standard InChI is InChI=1S/C16H24O4.C6H8O5/c17-15(19-13-7-3-1-4-8-13)11-12-16(18)20-14-9-5-2-6-10-14;1-2-11-3-4(5(7)8)6(9)10/h11-14H,1-10H2;3H,2H2,1H3,(H,7,8)(H,9,10)/b12-11-;. The van der Waals surface area contributed by atoms with Gasteiger partial charge >= 0.3 is 23.9 Å². The quantitative estimate of drug-likeness (QED) is 0.191. The Morgan fingerprint density at radius 1 is 0.742 bits per heavy atom. The fraction of sp³-hybridized carbons (Fsp3) is 0.636. The molecule has 2 N–H and O–H groups in total. The predicted octanol–water partition coefficient (Wildman–Crippen LogP) is 3.37. The van der Waals surface area contributed by atoms with E-state index in [9.17, 15) is 19.2 Å². The minimum absolute atomic E-state index is 0.0234. The van der Waals surface area contributed by atoms with Gasteiger partial charge in [-0.2, -0.15) is 0 Å². The molecule has 0 unspecified atom stereocenters. The molecule has 2 fully saturated rings. The Labute approximate surface area is 182 Å². The van der Waals surface area contributed by atoms with Gasteiger partial charge in [0.25, 0.3) is 0 Å². The highest BCUT2D eigenvalue weighted by Crippen LogP contribution is 2.21. The number of hydrogen-bond donors (Lipinski definition) is 2. The van der Waals surface area contributed by atoms with Crippen molar-refractivity contribution in [2.75, 3.05) is 6.61 Å². The molecule has 0 spiro atoms. The molecule has 0 aromatic carbocycles. The Bertz CT molecular complexity index is 604. The molecule has 2 aliphatic rings. The second-order valence-electron chi connectivity index (χ2n) is 7.32. The number of carbonyl (C=O) groups is 4. The average Bonchev–Trinajstić information content (AvgIpc) is 2.74. The monoisotopic (exact) mass is 440 g/mol. The van der Waals surface area contributed by atoms with Gasteiger partial charge in [-0.15, -0.1) is 0 Å². The average molecular weight is 440 g/mol. The number of carboxylic acids is 2. The molecule has 0 radical (unpaired) electrons. The maximum Gasteiger partial charge on any atom is 0.346 e. The van der Waals surface area contributed by atoms with Gasteiger partial charge in [0.2, 0.25) is 0 Å². The summed E-state index contributed by atoms with van der Waals surface area (Å²) in [6.45, 7) is 1.86. The molecular formula is C22H32O9. The molecule has 31 heavy (non-hydrogen) atoms. The third kappa shape index (κ3) is 11.8. The molecule has 2 rings (SSSR count). The van der Waals surface area contributed by atoms with Gasteiger partial charge in [-0.1, -0.05) is 12.8 Å². The van der Waals surface area contributed by atoms with Gasteiger partial charge in [0, 0.05) is 12.2 Å². The first-order chi connectivity index (χ1) is 14.8. The van der Waals surface area contributed by atoms with Gasteiger partial charge < -0.3 is 24.4 Å². The number of carboxylic acid groups (broad SMARTS) is 2. The van der Waals surface area contributed by atoms with Crippen LogP contribution in [-0.4, -0.2) is 52.9 Å². The Balaban J connectivity index is 0.000000373.